The number of aryl methyl sites for hydroxylation is 1. The van der Waals surface area contributed by atoms with Crippen molar-refractivity contribution in [2.24, 2.45) is 0 Å². The Bertz CT molecular complexity index is 952. The van der Waals surface area contributed by atoms with Crippen LogP contribution in [0, 0.1) is 13.8 Å². The molecule has 4 rings (SSSR count). The Kier molecular flexibility index (Phi) is 4.04. The Morgan fingerprint density at radius 3 is 2.56 bits per heavy atom. The molecule has 1 aliphatic carbocycles. The summed E-state index contributed by atoms with van der Waals surface area (Å²) in [5, 5.41) is 4.96. The number of rotatable bonds is 4. The highest BCUT2D eigenvalue weighted by molar-refractivity contribution is 6.30. The van der Waals surface area contributed by atoms with Crippen LogP contribution in [0.15, 0.2) is 42.5 Å². The molecule has 25 heavy (non-hydrogen) atoms. The number of fused-ring (bicyclic) bond motifs is 1. The van der Waals surface area contributed by atoms with Crippen LogP contribution in [0.25, 0.3) is 10.9 Å². The molecule has 0 atom stereocenters. The third kappa shape index (κ3) is 3.16. The molecule has 1 saturated carbocycles. The van der Waals surface area contributed by atoms with Gasteiger partial charge in [0.2, 0.25) is 0 Å². The molecule has 128 valence electrons. The van der Waals surface area contributed by atoms with E-state index < -0.39 is 0 Å². The number of benzene rings is 2. The van der Waals surface area contributed by atoms with Crippen molar-refractivity contribution < 1.29 is 4.79 Å². The number of amides is 1. The summed E-state index contributed by atoms with van der Waals surface area (Å²) in [7, 11) is 0. The second-order valence-corrected chi connectivity index (χ2v) is 7.34. The lowest BCUT2D eigenvalue weighted by Crippen LogP contribution is -2.25. The molecular formula is C21H21ClN2O. The maximum Gasteiger partial charge on any atom is 0.251 e. The van der Waals surface area contributed by atoms with Crippen LogP contribution in [-0.2, 0) is 6.54 Å². The first-order valence-electron chi connectivity index (χ1n) is 8.67. The summed E-state index contributed by atoms with van der Waals surface area (Å²) in [6, 6.07) is 14.3. The SMILES string of the molecule is Cc1c(C)n(Cc2ccc(Cl)cc2)c2ccc(C(=O)NC3CC3)cc12. The summed E-state index contributed by atoms with van der Waals surface area (Å²) < 4.78 is 2.30. The smallest absolute Gasteiger partial charge is 0.251 e. The number of aromatic nitrogens is 1. The molecule has 0 spiro atoms. The van der Waals surface area contributed by atoms with E-state index in [0.29, 0.717) is 6.04 Å². The summed E-state index contributed by atoms with van der Waals surface area (Å²) >= 11 is 5.99. The number of carbonyl (C=O) groups excluding carboxylic acids is 1. The van der Waals surface area contributed by atoms with Gasteiger partial charge in [0.05, 0.1) is 0 Å². The summed E-state index contributed by atoms with van der Waals surface area (Å²) in [4.78, 5) is 12.3. The van der Waals surface area contributed by atoms with E-state index in [-0.39, 0.29) is 5.91 Å². The molecule has 1 aliphatic rings. The fourth-order valence-corrected chi connectivity index (χ4v) is 3.39. The third-order valence-corrected chi connectivity index (χ3v) is 5.32. The molecule has 4 heteroatoms. The standard InChI is InChI=1S/C21H21ClN2O/c1-13-14(2)24(12-15-3-6-17(22)7-4-15)20-10-5-16(11-19(13)20)21(25)23-18-8-9-18/h3-7,10-11,18H,8-9,12H2,1-2H3,(H,23,25). The van der Waals surface area contributed by atoms with Gasteiger partial charge in [-0.15, -0.1) is 0 Å². The first kappa shape index (κ1) is 16.2. The van der Waals surface area contributed by atoms with Crippen molar-refractivity contribution in [1.29, 1.82) is 0 Å². The average Bonchev–Trinajstić information content (AvgIpc) is 3.40. The highest BCUT2D eigenvalue weighted by Gasteiger charge is 2.24. The van der Waals surface area contributed by atoms with Crippen LogP contribution in [0.2, 0.25) is 5.02 Å². The molecule has 1 fully saturated rings. The van der Waals surface area contributed by atoms with Gasteiger partial charge in [0.1, 0.15) is 0 Å². The zero-order chi connectivity index (χ0) is 17.6. The van der Waals surface area contributed by atoms with Crippen molar-refractivity contribution in [2.45, 2.75) is 39.3 Å². The Labute approximate surface area is 152 Å². The molecule has 0 saturated heterocycles. The van der Waals surface area contributed by atoms with Gasteiger partial charge < -0.3 is 9.88 Å². The lowest BCUT2D eigenvalue weighted by atomic mass is 10.1. The van der Waals surface area contributed by atoms with E-state index in [2.05, 4.69) is 41.9 Å². The largest absolute Gasteiger partial charge is 0.349 e. The van der Waals surface area contributed by atoms with Crippen molar-refractivity contribution in [1.82, 2.24) is 9.88 Å². The van der Waals surface area contributed by atoms with Crippen molar-refractivity contribution >= 4 is 28.4 Å². The summed E-state index contributed by atoms with van der Waals surface area (Å²) in [5.74, 6) is 0.0342. The molecule has 3 nitrogen and oxygen atoms in total. The predicted molar refractivity (Wildman–Crippen MR) is 102 cm³/mol. The number of hydrogen-bond donors (Lipinski definition) is 1. The molecule has 0 aliphatic heterocycles. The van der Waals surface area contributed by atoms with Crippen molar-refractivity contribution in [3.8, 4) is 0 Å². The van der Waals surface area contributed by atoms with Gasteiger partial charge in [0.25, 0.3) is 5.91 Å². The van der Waals surface area contributed by atoms with Crippen LogP contribution in [-0.4, -0.2) is 16.5 Å². The van der Waals surface area contributed by atoms with E-state index in [4.69, 9.17) is 11.6 Å². The molecule has 2 aromatic carbocycles. The van der Waals surface area contributed by atoms with E-state index in [1.54, 1.807) is 0 Å². The quantitative estimate of drug-likeness (QED) is 0.715. The molecular weight excluding hydrogens is 332 g/mol. The first-order valence-corrected chi connectivity index (χ1v) is 9.05. The van der Waals surface area contributed by atoms with E-state index in [9.17, 15) is 4.79 Å². The minimum atomic E-state index is 0.0342. The highest BCUT2D eigenvalue weighted by Crippen LogP contribution is 2.28. The minimum Gasteiger partial charge on any atom is -0.349 e. The number of nitrogens with zero attached hydrogens (tertiary/aromatic N) is 1. The van der Waals surface area contributed by atoms with Gasteiger partial charge in [-0.05, 0) is 68.1 Å². The zero-order valence-corrected chi connectivity index (χ0v) is 15.2. The molecule has 0 bridgehead atoms. The molecule has 1 aromatic heterocycles. The van der Waals surface area contributed by atoms with Gasteiger partial charge in [-0.25, -0.2) is 0 Å². The van der Waals surface area contributed by atoms with Gasteiger partial charge in [0, 0.05) is 39.8 Å². The molecule has 0 unspecified atom stereocenters. The van der Waals surface area contributed by atoms with Gasteiger partial charge in [-0.3, -0.25) is 4.79 Å². The van der Waals surface area contributed by atoms with Crippen LogP contribution in [0.3, 0.4) is 0 Å². The summed E-state index contributed by atoms with van der Waals surface area (Å²) in [6.07, 6.45) is 2.20. The predicted octanol–water partition coefficient (Wildman–Crippen LogP) is 4.85. The first-order chi connectivity index (χ1) is 12.0. The molecule has 1 heterocycles. The lowest BCUT2D eigenvalue weighted by Gasteiger charge is -2.09. The van der Waals surface area contributed by atoms with Crippen molar-refractivity contribution in [3.63, 3.8) is 0 Å². The van der Waals surface area contributed by atoms with E-state index in [1.807, 2.05) is 24.3 Å². The summed E-state index contributed by atoms with van der Waals surface area (Å²) in [6.45, 7) is 5.05. The van der Waals surface area contributed by atoms with Crippen molar-refractivity contribution in [3.05, 3.63) is 69.9 Å². The Balaban J connectivity index is 1.71. The van der Waals surface area contributed by atoms with Gasteiger partial charge >= 0.3 is 0 Å². The zero-order valence-electron chi connectivity index (χ0n) is 14.5. The Morgan fingerprint density at radius 2 is 1.88 bits per heavy atom. The minimum absolute atomic E-state index is 0.0342. The fourth-order valence-electron chi connectivity index (χ4n) is 3.26. The third-order valence-electron chi connectivity index (χ3n) is 5.07. The maximum absolute atomic E-state index is 12.3. The maximum atomic E-state index is 12.3. The fraction of sp³-hybridized carbons (Fsp3) is 0.286. The van der Waals surface area contributed by atoms with Gasteiger partial charge in [0.15, 0.2) is 0 Å². The highest BCUT2D eigenvalue weighted by atomic mass is 35.5. The molecule has 1 N–H and O–H groups in total. The van der Waals surface area contributed by atoms with Crippen LogP contribution in [0.4, 0.5) is 0 Å². The van der Waals surface area contributed by atoms with Crippen molar-refractivity contribution in [2.75, 3.05) is 0 Å². The molecule has 0 radical (unpaired) electrons. The number of halogens is 1. The van der Waals surface area contributed by atoms with Gasteiger partial charge in [-0.1, -0.05) is 23.7 Å². The normalized spacial score (nSPS) is 14.0. The van der Waals surface area contributed by atoms with Gasteiger partial charge in [-0.2, -0.15) is 0 Å². The Hall–Kier alpha value is -2.26. The lowest BCUT2D eigenvalue weighted by molar-refractivity contribution is 0.0951. The van der Waals surface area contributed by atoms with Crippen LogP contribution < -0.4 is 5.32 Å². The molecule has 3 aromatic rings. The second kappa shape index (κ2) is 6.23. The Morgan fingerprint density at radius 1 is 1.16 bits per heavy atom. The topological polar surface area (TPSA) is 34.0 Å². The molecule has 1 amide bonds. The summed E-state index contributed by atoms with van der Waals surface area (Å²) in [5.41, 5.74) is 5.56. The second-order valence-electron chi connectivity index (χ2n) is 6.90. The monoisotopic (exact) mass is 352 g/mol. The van der Waals surface area contributed by atoms with Crippen LogP contribution in [0.1, 0.15) is 40.0 Å². The van der Waals surface area contributed by atoms with E-state index in [1.165, 1.54) is 16.8 Å². The van der Waals surface area contributed by atoms with Crippen LogP contribution >= 0.6 is 11.6 Å². The number of hydrogen-bond acceptors (Lipinski definition) is 1. The van der Waals surface area contributed by atoms with E-state index in [0.717, 1.165) is 40.9 Å². The van der Waals surface area contributed by atoms with E-state index >= 15 is 0 Å². The number of nitrogens with one attached hydrogen (secondary N) is 1. The number of carbonyl (C=O) groups is 1. The van der Waals surface area contributed by atoms with Crippen LogP contribution in [0.5, 0.6) is 0 Å². The average molecular weight is 353 g/mol.